The number of ether oxygens (including phenoxy) is 1. The van der Waals surface area contributed by atoms with Gasteiger partial charge in [-0.2, -0.15) is 26.3 Å². The SMILES string of the molecule is FC(F)(F)c1ccc2nc1OCCCCCCC(C(F)(F)F)c1nnc-2o1. The van der Waals surface area contributed by atoms with Gasteiger partial charge >= 0.3 is 12.4 Å². The van der Waals surface area contributed by atoms with Crippen molar-refractivity contribution in [1.82, 2.24) is 15.2 Å². The van der Waals surface area contributed by atoms with Gasteiger partial charge in [0, 0.05) is 0 Å². The van der Waals surface area contributed by atoms with E-state index in [0.717, 1.165) is 12.1 Å². The molecule has 0 saturated carbocycles. The van der Waals surface area contributed by atoms with Crippen LogP contribution in [0.4, 0.5) is 26.3 Å². The van der Waals surface area contributed by atoms with Gasteiger partial charge in [-0.3, -0.25) is 0 Å². The lowest BCUT2D eigenvalue weighted by molar-refractivity contribution is -0.156. The Kier molecular flexibility index (Phi) is 5.29. The molecule has 1 aliphatic rings. The molecule has 5 nitrogen and oxygen atoms in total. The first-order valence-corrected chi connectivity index (χ1v) is 8.28. The van der Waals surface area contributed by atoms with Crippen LogP contribution in [0.5, 0.6) is 5.88 Å². The molecule has 4 bridgehead atoms. The molecular weight excluding hydrogens is 380 g/mol. The lowest BCUT2D eigenvalue weighted by Crippen LogP contribution is -2.21. The van der Waals surface area contributed by atoms with Crippen molar-refractivity contribution in [1.29, 1.82) is 0 Å². The summed E-state index contributed by atoms with van der Waals surface area (Å²) in [5.41, 5.74) is -1.26. The van der Waals surface area contributed by atoms with Crippen LogP contribution in [0.15, 0.2) is 16.5 Å². The zero-order chi connectivity index (χ0) is 19.7. The molecule has 1 aliphatic heterocycles. The van der Waals surface area contributed by atoms with Crippen LogP contribution in [-0.2, 0) is 6.18 Å². The van der Waals surface area contributed by atoms with Gasteiger partial charge in [0.25, 0.3) is 5.89 Å². The highest BCUT2D eigenvalue weighted by atomic mass is 19.4. The molecule has 0 saturated heterocycles. The van der Waals surface area contributed by atoms with E-state index in [2.05, 4.69) is 15.2 Å². The number of pyridine rings is 1. The third-order valence-electron chi connectivity index (χ3n) is 4.14. The summed E-state index contributed by atoms with van der Waals surface area (Å²) >= 11 is 0. The van der Waals surface area contributed by atoms with Gasteiger partial charge in [-0.05, 0) is 25.0 Å². The molecule has 0 radical (unpaired) electrons. The topological polar surface area (TPSA) is 61.0 Å². The number of fused-ring (bicyclic) bond motifs is 5. The van der Waals surface area contributed by atoms with Gasteiger partial charge in [0.1, 0.15) is 17.2 Å². The van der Waals surface area contributed by atoms with E-state index in [-0.39, 0.29) is 25.1 Å². The minimum atomic E-state index is -4.69. The molecule has 0 aliphatic carbocycles. The third-order valence-corrected chi connectivity index (χ3v) is 4.14. The highest BCUT2D eigenvalue weighted by molar-refractivity contribution is 5.49. The summed E-state index contributed by atoms with van der Waals surface area (Å²) in [4.78, 5) is 3.74. The Balaban J connectivity index is 2.03. The molecule has 148 valence electrons. The minimum absolute atomic E-state index is 0.0304. The summed E-state index contributed by atoms with van der Waals surface area (Å²) in [5, 5.41) is 6.96. The van der Waals surface area contributed by atoms with Gasteiger partial charge in [-0.15, -0.1) is 10.2 Å². The molecule has 27 heavy (non-hydrogen) atoms. The van der Waals surface area contributed by atoms with Crippen LogP contribution in [0, 0.1) is 0 Å². The first-order chi connectivity index (χ1) is 12.7. The fraction of sp³-hybridized carbons (Fsp3) is 0.562. The van der Waals surface area contributed by atoms with Crippen LogP contribution in [0.25, 0.3) is 11.6 Å². The highest BCUT2D eigenvalue weighted by Crippen LogP contribution is 2.40. The van der Waals surface area contributed by atoms with Gasteiger partial charge < -0.3 is 9.15 Å². The average molecular weight is 395 g/mol. The first kappa shape index (κ1) is 19.4. The number of alkyl halides is 6. The average Bonchev–Trinajstić information content (AvgIpc) is 3.03. The van der Waals surface area contributed by atoms with E-state index >= 15 is 0 Å². The molecule has 0 fully saturated rings. The van der Waals surface area contributed by atoms with Crippen LogP contribution < -0.4 is 4.74 Å². The third kappa shape index (κ3) is 4.51. The summed E-state index contributed by atoms with van der Waals surface area (Å²) in [6, 6.07) is 1.69. The molecule has 0 aromatic carbocycles. The predicted octanol–water partition coefficient (Wildman–Crippen LogP) is 5.14. The molecule has 1 unspecified atom stereocenters. The van der Waals surface area contributed by atoms with Gasteiger partial charge in [-0.25, -0.2) is 4.98 Å². The monoisotopic (exact) mass is 395 g/mol. The highest BCUT2D eigenvalue weighted by Gasteiger charge is 2.44. The maximum atomic E-state index is 13.3. The van der Waals surface area contributed by atoms with Crippen molar-refractivity contribution in [3.05, 3.63) is 23.6 Å². The van der Waals surface area contributed by atoms with Crippen LogP contribution in [-0.4, -0.2) is 28.0 Å². The largest absolute Gasteiger partial charge is 0.477 e. The summed E-state index contributed by atoms with van der Waals surface area (Å²) < 4.78 is 89.5. The minimum Gasteiger partial charge on any atom is -0.477 e. The molecule has 11 heteroatoms. The Morgan fingerprint density at radius 1 is 0.926 bits per heavy atom. The molecule has 1 atom stereocenters. The van der Waals surface area contributed by atoms with Crippen molar-refractivity contribution in [2.75, 3.05) is 6.61 Å². The summed E-state index contributed by atoms with van der Waals surface area (Å²) in [7, 11) is 0. The Labute approximate surface area is 149 Å². The van der Waals surface area contributed by atoms with E-state index in [0.29, 0.717) is 19.3 Å². The molecule has 2 aromatic rings. The van der Waals surface area contributed by atoms with Gasteiger partial charge in [0.05, 0.1) is 6.61 Å². The Hall–Kier alpha value is -2.33. The smallest absolute Gasteiger partial charge is 0.421 e. The number of hydrogen-bond donors (Lipinski definition) is 0. The lowest BCUT2D eigenvalue weighted by atomic mass is 10.00. The molecule has 3 heterocycles. The van der Waals surface area contributed by atoms with E-state index in [1.54, 1.807) is 0 Å². The molecular formula is C16H15F6N3O2. The molecule has 0 N–H and O–H groups in total. The van der Waals surface area contributed by atoms with Crippen LogP contribution in [0.3, 0.4) is 0 Å². The summed E-state index contributed by atoms with van der Waals surface area (Å²) in [6.45, 7) is -0.0304. The van der Waals surface area contributed by atoms with E-state index < -0.39 is 41.5 Å². The van der Waals surface area contributed by atoms with Crippen LogP contribution in [0.2, 0.25) is 0 Å². The standard InChI is InChI=1S/C16H15F6N3O2/c17-15(18,19)9-5-3-1-2-4-8-26-12-10(16(20,21)22)6-7-11(23-12)14-25-24-13(9)27-14/h6-7,9H,1-5,8H2. The predicted molar refractivity (Wildman–Crippen MR) is 79.9 cm³/mol. The zero-order valence-corrected chi connectivity index (χ0v) is 13.9. The van der Waals surface area contributed by atoms with Gasteiger partial charge in [-0.1, -0.05) is 19.3 Å². The Morgan fingerprint density at radius 3 is 2.37 bits per heavy atom. The second-order valence-electron chi connectivity index (χ2n) is 6.14. The van der Waals surface area contributed by atoms with Crippen molar-refractivity contribution < 1.29 is 35.5 Å². The molecule has 3 rings (SSSR count). The van der Waals surface area contributed by atoms with Gasteiger partial charge in [0.15, 0.2) is 0 Å². The molecule has 2 aromatic heterocycles. The fourth-order valence-corrected chi connectivity index (χ4v) is 2.76. The van der Waals surface area contributed by atoms with E-state index in [4.69, 9.17) is 9.15 Å². The van der Waals surface area contributed by atoms with Crippen molar-refractivity contribution >= 4 is 0 Å². The quantitative estimate of drug-likeness (QED) is 0.578. The second-order valence-corrected chi connectivity index (χ2v) is 6.14. The number of halogens is 6. The number of aromatic nitrogens is 3. The normalized spacial score (nSPS) is 19.3. The number of rotatable bonds is 0. The van der Waals surface area contributed by atoms with E-state index in [1.165, 1.54) is 0 Å². The fourth-order valence-electron chi connectivity index (χ4n) is 2.76. The second kappa shape index (κ2) is 7.35. The maximum Gasteiger partial charge on any atom is 0.421 e. The van der Waals surface area contributed by atoms with Crippen molar-refractivity contribution in [3.8, 4) is 17.5 Å². The van der Waals surface area contributed by atoms with Crippen LogP contribution in [0.1, 0.15) is 49.5 Å². The number of hydrogen-bond acceptors (Lipinski definition) is 5. The Bertz CT molecular complexity index is 787. The lowest BCUT2D eigenvalue weighted by Gasteiger charge is -2.17. The summed E-state index contributed by atoms with van der Waals surface area (Å²) in [5.74, 6) is -3.61. The van der Waals surface area contributed by atoms with Gasteiger partial charge in [0.2, 0.25) is 11.8 Å². The zero-order valence-electron chi connectivity index (χ0n) is 13.9. The number of nitrogens with zero attached hydrogens (tertiary/aromatic N) is 3. The summed E-state index contributed by atoms with van der Waals surface area (Å²) in [6.07, 6.45) is -7.82. The van der Waals surface area contributed by atoms with Crippen molar-refractivity contribution in [2.45, 2.75) is 50.4 Å². The van der Waals surface area contributed by atoms with E-state index in [1.807, 2.05) is 0 Å². The van der Waals surface area contributed by atoms with Crippen molar-refractivity contribution in [3.63, 3.8) is 0 Å². The van der Waals surface area contributed by atoms with Crippen molar-refractivity contribution in [2.24, 2.45) is 0 Å². The van der Waals surface area contributed by atoms with Crippen LogP contribution >= 0.6 is 0 Å². The van der Waals surface area contributed by atoms with E-state index in [9.17, 15) is 26.3 Å². The molecule has 0 amide bonds. The Morgan fingerprint density at radius 2 is 1.67 bits per heavy atom. The first-order valence-electron chi connectivity index (χ1n) is 8.28. The molecule has 0 spiro atoms. The maximum absolute atomic E-state index is 13.3.